The number of carbonyl (C=O) groups is 2. The van der Waals surface area contributed by atoms with Gasteiger partial charge in [0.1, 0.15) is 0 Å². The summed E-state index contributed by atoms with van der Waals surface area (Å²) in [5.74, 6) is -2.37. The second kappa shape index (κ2) is 8.77. The van der Waals surface area contributed by atoms with Crippen molar-refractivity contribution in [2.75, 3.05) is 26.2 Å². The number of halogens is 1. The van der Waals surface area contributed by atoms with E-state index >= 15 is 0 Å². The van der Waals surface area contributed by atoms with Crippen LogP contribution in [0.1, 0.15) is 13.8 Å². The first-order chi connectivity index (χ1) is 6.11. The molecule has 0 radical (unpaired) electrons. The number of nitrogens with zero attached hydrogens (tertiary/aromatic N) is 1. The number of amides is 1. The number of nitrogens with one attached hydrogen (secondary N) is 1. The molecular weight excluding hydrogens is 208 g/mol. The van der Waals surface area contributed by atoms with Crippen LogP contribution in [0.2, 0.25) is 0 Å². The molecule has 0 atom stereocenters. The molecule has 0 aliphatic heterocycles. The van der Waals surface area contributed by atoms with Gasteiger partial charge in [0, 0.05) is 13.1 Å². The highest BCUT2D eigenvalue weighted by Crippen LogP contribution is 1.83. The van der Waals surface area contributed by atoms with E-state index in [2.05, 4.69) is 10.2 Å². The van der Waals surface area contributed by atoms with Crippen LogP contribution in [0.5, 0.6) is 0 Å². The molecule has 0 aliphatic rings. The smallest absolute Gasteiger partial charge is 0.394 e. The number of likely N-dealkylation sites (N-methyl/N-ethyl adjacent to an activating group) is 1. The van der Waals surface area contributed by atoms with Crippen molar-refractivity contribution >= 4 is 24.3 Å². The van der Waals surface area contributed by atoms with Gasteiger partial charge in [-0.3, -0.25) is 4.79 Å². The van der Waals surface area contributed by atoms with Gasteiger partial charge >= 0.3 is 11.9 Å². The lowest BCUT2D eigenvalue weighted by atomic mass is 10.4. The Morgan fingerprint density at radius 2 is 1.79 bits per heavy atom. The third-order valence-electron chi connectivity index (χ3n) is 1.80. The van der Waals surface area contributed by atoms with Gasteiger partial charge in [-0.05, 0) is 13.1 Å². The average Bonchev–Trinajstić information content (AvgIpc) is 2.12. The number of carbonyl (C=O) groups excluding carboxylic acids is 1. The summed E-state index contributed by atoms with van der Waals surface area (Å²) in [5.41, 5.74) is 0. The molecule has 0 aromatic rings. The van der Waals surface area contributed by atoms with Gasteiger partial charge in [-0.15, -0.1) is 12.4 Å². The van der Waals surface area contributed by atoms with E-state index in [9.17, 15) is 9.59 Å². The quantitative estimate of drug-likeness (QED) is 0.643. The van der Waals surface area contributed by atoms with Gasteiger partial charge < -0.3 is 15.3 Å². The molecule has 1 amide bonds. The molecule has 0 spiro atoms. The van der Waals surface area contributed by atoms with Gasteiger partial charge in [0.15, 0.2) is 0 Å². The van der Waals surface area contributed by atoms with Crippen molar-refractivity contribution in [3.63, 3.8) is 0 Å². The lowest BCUT2D eigenvalue weighted by molar-refractivity contribution is -0.150. The Bertz CT molecular complexity index is 183. The summed E-state index contributed by atoms with van der Waals surface area (Å²) in [6, 6.07) is 0. The van der Waals surface area contributed by atoms with Crippen molar-refractivity contribution in [2.45, 2.75) is 13.8 Å². The number of rotatable bonds is 5. The normalized spacial score (nSPS) is 9.36. The second-order valence-electron chi connectivity index (χ2n) is 2.59. The highest BCUT2D eigenvalue weighted by atomic mass is 35.5. The van der Waals surface area contributed by atoms with Gasteiger partial charge in [-0.1, -0.05) is 13.8 Å². The summed E-state index contributed by atoms with van der Waals surface area (Å²) in [6.45, 7) is 6.91. The van der Waals surface area contributed by atoms with Crippen LogP contribution in [0.4, 0.5) is 0 Å². The number of hydrogen-bond donors (Lipinski definition) is 2. The monoisotopic (exact) mass is 224 g/mol. The molecule has 0 heterocycles. The van der Waals surface area contributed by atoms with E-state index in [-0.39, 0.29) is 12.4 Å². The van der Waals surface area contributed by atoms with Gasteiger partial charge in [0.2, 0.25) is 0 Å². The van der Waals surface area contributed by atoms with Crippen LogP contribution in [0.15, 0.2) is 0 Å². The minimum atomic E-state index is -1.43. The van der Waals surface area contributed by atoms with Crippen molar-refractivity contribution < 1.29 is 14.7 Å². The number of hydrogen-bond acceptors (Lipinski definition) is 3. The van der Waals surface area contributed by atoms with Crippen molar-refractivity contribution in [1.29, 1.82) is 0 Å². The molecule has 5 nitrogen and oxygen atoms in total. The van der Waals surface area contributed by atoms with Crippen LogP contribution < -0.4 is 5.32 Å². The summed E-state index contributed by atoms with van der Waals surface area (Å²) in [5, 5.41) is 10.5. The van der Waals surface area contributed by atoms with Crippen LogP contribution in [-0.4, -0.2) is 48.1 Å². The van der Waals surface area contributed by atoms with Crippen LogP contribution in [-0.2, 0) is 9.59 Å². The lowest BCUT2D eigenvalue weighted by Gasteiger charge is -2.17. The average molecular weight is 225 g/mol. The van der Waals surface area contributed by atoms with Crippen molar-refractivity contribution in [3.8, 4) is 0 Å². The Morgan fingerprint density at radius 1 is 1.29 bits per heavy atom. The first-order valence-corrected chi connectivity index (χ1v) is 4.35. The molecule has 2 N–H and O–H groups in total. The van der Waals surface area contributed by atoms with E-state index < -0.39 is 11.9 Å². The topological polar surface area (TPSA) is 69.6 Å². The van der Waals surface area contributed by atoms with E-state index in [0.717, 1.165) is 13.1 Å². The zero-order valence-electron chi connectivity index (χ0n) is 8.45. The Kier molecular flexibility index (Phi) is 9.81. The molecule has 0 rings (SSSR count). The predicted molar refractivity (Wildman–Crippen MR) is 55.7 cm³/mol. The fourth-order valence-corrected chi connectivity index (χ4v) is 0.943. The zero-order chi connectivity index (χ0) is 10.3. The summed E-state index contributed by atoms with van der Waals surface area (Å²) in [6.07, 6.45) is 0. The molecule has 0 fully saturated rings. The number of carboxylic acids is 1. The zero-order valence-corrected chi connectivity index (χ0v) is 9.26. The molecule has 0 unspecified atom stereocenters. The third kappa shape index (κ3) is 6.68. The highest BCUT2D eigenvalue weighted by molar-refractivity contribution is 6.31. The summed E-state index contributed by atoms with van der Waals surface area (Å²) in [4.78, 5) is 22.8. The van der Waals surface area contributed by atoms with Crippen molar-refractivity contribution in [2.24, 2.45) is 0 Å². The third-order valence-corrected chi connectivity index (χ3v) is 1.80. The summed E-state index contributed by atoms with van der Waals surface area (Å²) < 4.78 is 0. The first-order valence-electron chi connectivity index (χ1n) is 4.35. The Balaban J connectivity index is 0. The van der Waals surface area contributed by atoms with Crippen LogP contribution in [0.25, 0.3) is 0 Å². The molecule has 6 heteroatoms. The van der Waals surface area contributed by atoms with Crippen LogP contribution in [0.3, 0.4) is 0 Å². The van der Waals surface area contributed by atoms with Gasteiger partial charge in [0.25, 0.3) is 0 Å². The largest absolute Gasteiger partial charge is 0.474 e. The van der Waals surface area contributed by atoms with Crippen molar-refractivity contribution in [1.82, 2.24) is 10.2 Å². The fourth-order valence-electron chi connectivity index (χ4n) is 0.943. The van der Waals surface area contributed by atoms with E-state index in [4.69, 9.17) is 5.11 Å². The van der Waals surface area contributed by atoms with Crippen LogP contribution >= 0.6 is 12.4 Å². The Hall–Kier alpha value is -0.810. The van der Waals surface area contributed by atoms with E-state index in [1.807, 2.05) is 13.8 Å². The molecule has 0 saturated carbocycles. The first kappa shape index (κ1) is 15.7. The summed E-state index contributed by atoms with van der Waals surface area (Å²) in [7, 11) is 0. The van der Waals surface area contributed by atoms with Gasteiger partial charge in [-0.2, -0.15) is 0 Å². The maximum atomic E-state index is 10.6. The van der Waals surface area contributed by atoms with Crippen LogP contribution in [0, 0.1) is 0 Å². The van der Waals surface area contributed by atoms with E-state index in [0.29, 0.717) is 13.1 Å². The van der Waals surface area contributed by atoms with E-state index in [1.165, 1.54) is 0 Å². The SMILES string of the molecule is CCN(CC)CCNC(=O)C(=O)O.Cl. The standard InChI is InChI=1S/C8H16N2O3.ClH/c1-3-10(4-2)6-5-9-7(11)8(12)13;/h3-6H2,1-2H3,(H,9,11)(H,12,13);1H. The maximum Gasteiger partial charge on any atom is 0.394 e. The number of aliphatic carboxylic acids is 1. The minimum absolute atomic E-state index is 0. The molecule has 0 saturated heterocycles. The minimum Gasteiger partial charge on any atom is -0.474 e. The predicted octanol–water partition coefficient (Wildman–Crippen LogP) is -0.0492. The van der Waals surface area contributed by atoms with E-state index in [1.54, 1.807) is 0 Å². The molecule has 0 aliphatic carbocycles. The van der Waals surface area contributed by atoms with Gasteiger partial charge in [-0.25, -0.2) is 4.79 Å². The molecule has 0 bridgehead atoms. The number of carboxylic acid groups (broad SMARTS) is 1. The Morgan fingerprint density at radius 3 is 2.14 bits per heavy atom. The highest BCUT2D eigenvalue weighted by Gasteiger charge is 2.09. The van der Waals surface area contributed by atoms with Gasteiger partial charge in [0.05, 0.1) is 0 Å². The Labute approximate surface area is 89.9 Å². The lowest BCUT2D eigenvalue weighted by Crippen LogP contribution is -2.37. The molecule has 14 heavy (non-hydrogen) atoms. The fraction of sp³-hybridized carbons (Fsp3) is 0.750. The maximum absolute atomic E-state index is 10.6. The molecular formula is C8H17ClN2O3. The molecule has 0 aromatic heterocycles. The molecule has 0 aromatic carbocycles. The second-order valence-corrected chi connectivity index (χ2v) is 2.59. The molecule has 84 valence electrons. The van der Waals surface area contributed by atoms with Crippen molar-refractivity contribution in [3.05, 3.63) is 0 Å². The summed E-state index contributed by atoms with van der Waals surface area (Å²) >= 11 is 0.